The number of nitrogens with zero attached hydrogens (tertiary/aromatic N) is 2. The number of hydrogen-bond acceptors (Lipinski definition) is 4. The highest BCUT2D eigenvalue weighted by atomic mass is 16.3. The number of aromatic nitrogens is 2. The molecular formula is C10H17N3O3. The Balaban J connectivity index is 2.76. The van der Waals surface area contributed by atoms with E-state index in [0.717, 1.165) is 0 Å². The molecule has 0 aliphatic heterocycles. The summed E-state index contributed by atoms with van der Waals surface area (Å²) in [6.45, 7) is 1.17. The smallest absolute Gasteiger partial charge is 0.272 e. The van der Waals surface area contributed by atoms with E-state index in [1.807, 2.05) is 0 Å². The van der Waals surface area contributed by atoms with Crippen LogP contribution in [0.1, 0.15) is 23.8 Å². The molecule has 6 heteroatoms. The molecule has 1 heterocycles. The largest absolute Gasteiger partial charge is 0.394 e. The molecule has 90 valence electrons. The summed E-state index contributed by atoms with van der Waals surface area (Å²) in [7, 11) is 1.76. The van der Waals surface area contributed by atoms with E-state index in [1.54, 1.807) is 24.7 Å². The second kappa shape index (κ2) is 5.09. The number of hydrogen-bond donors (Lipinski definition) is 3. The highest BCUT2D eigenvalue weighted by Gasteiger charge is 2.29. The van der Waals surface area contributed by atoms with Gasteiger partial charge in [-0.2, -0.15) is 0 Å². The molecule has 0 aliphatic rings. The number of carbonyl (C=O) groups excluding carboxylic acids is 1. The van der Waals surface area contributed by atoms with E-state index in [4.69, 9.17) is 0 Å². The van der Waals surface area contributed by atoms with Gasteiger partial charge in [0, 0.05) is 13.2 Å². The molecule has 16 heavy (non-hydrogen) atoms. The van der Waals surface area contributed by atoms with E-state index < -0.39 is 11.4 Å². The number of carbonyl (C=O) groups is 1. The molecule has 6 nitrogen and oxygen atoms in total. The topological polar surface area (TPSA) is 87.4 Å². The minimum absolute atomic E-state index is 0.266. The molecule has 0 saturated carbocycles. The number of aliphatic hydroxyl groups is 2. The normalized spacial score (nSPS) is 11.5. The molecule has 1 amide bonds. The Kier molecular flexibility index (Phi) is 4.03. The first kappa shape index (κ1) is 12.7. The van der Waals surface area contributed by atoms with Crippen LogP contribution in [-0.4, -0.2) is 44.4 Å². The predicted molar refractivity (Wildman–Crippen MR) is 57.9 cm³/mol. The summed E-state index contributed by atoms with van der Waals surface area (Å²) in [6, 6.07) is 0. The van der Waals surface area contributed by atoms with Crippen LogP contribution >= 0.6 is 0 Å². The quantitative estimate of drug-likeness (QED) is 0.619. The third kappa shape index (κ3) is 2.59. The van der Waals surface area contributed by atoms with E-state index in [2.05, 4.69) is 10.3 Å². The lowest BCUT2D eigenvalue weighted by Crippen LogP contribution is -2.53. The molecule has 0 aliphatic carbocycles. The first-order chi connectivity index (χ1) is 7.56. The number of imidazole rings is 1. The third-order valence-corrected chi connectivity index (χ3v) is 2.60. The van der Waals surface area contributed by atoms with Crippen molar-refractivity contribution in [3.05, 3.63) is 18.2 Å². The Bertz CT molecular complexity index is 350. The van der Waals surface area contributed by atoms with Gasteiger partial charge in [0.2, 0.25) is 0 Å². The summed E-state index contributed by atoms with van der Waals surface area (Å²) >= 11 is 0. The van der Waals surface area contributed by atoms with Crippen LogP contribution in [0.5, 0.6) is 0 Å². The zero-order valence-corrected chi connectivity index (χ0v) is 9.47. The molecule has 0 radical (unpaired) electrons. The Labute approximate surface area is 93.9 Å². The lowest BCUT2D eigenvalue weighted by molar-refractivity contribution is 0.0649. The summed E-state index contributed by atoms with van der Waals surface area (Å²) in [5, 5.41) is 20.9. The molecule has 1 aromatic rings. The molecule has 0 aromatic carbocycles. The van der Waals surface area contributed by atoms with E-state index in [9.17, 15) is 15.0 Å². The molecule has 0 atom stereocenters. The second-order valence-electron chi connectivity index (χ2n) is 3.83. The fourth-order valence-electron chi connectivity index (χ4n) is 1.28. The Hall–Kier alpha value is -1.40. The average Bonchev–Trinajstić information content (AvgIpc) is 2.73. The van der Waals surface area contributed by atoms with Crippen molar-refractivity contribution in [1.82, 2.24) is 14.9 Å². The predicted octanol–water partition coefficient (Wildman–Crippen LogP) is -0.717. The standard InChI is InChI=1S/C10H17N3O3/c1-3-10(5-14,6-15)12-9(16)8-4-13(2)7-11-8/h4,7,14-15H,3,5-6H2,1-2H3,(H,12,16). The maximum Gasteiger partial charge on any atom is 0.272 e. The summed E-state index contributed by atoms with van der Waals surface area (Å²) in [4.78, 5) is 15.6. The highest BCUT2D eigenvalue weighted by Crippen LogP contribution is 2.09. The van der Waals surface area contributed by atoms with Gasteiger partial charge in [-0.05, 0) is 6.42 Å². The minimum atomic E-state index is -0.978. The van der Waals surface area contributed by atoms with Crippen LogP contribution in [0.2, 0.25) is 0 Å². The number of rotatable bonds is 5. The summed E-state index contributed by atoms with van der Waals surface area (Å²) in [5.74, 6) is -0.398. The van der Waals surface area contributed by atoms with Crippen LogP contribution in [0.25, 0.3) is 0 Å². The monoisotopic (exact) mass is 227 g/mol. The Morgan fingerprint density at radius 2 is 2.19 bits per heavy atom. The molecular weight excluding hydrogens is 210 g/mol. The molecule has 1 aromatic heterocycles. The van der Waals surface area contributed by atoms with Crippen LogP contribution in [0.4, 0.5) is 0 Å². The SMILES string of the molecule is CCC(CO)(CO)NC(=O)c1cn(C)cn1. The molecule has 0 saturated heterocycles. The van der Waals surface area contributed by atoms with Crippen LogP contribution < -0.4 is 5.32 Å². The summed E-state index contributed by atoms with van der Waals surface area (Å²) in [6.07, 6.45) is 3.53. The molecule has 0 fully saturated rings. The van der Waals surface area contributed by atoms with Gasteiger partial charge in [0.25, 0.3) is 5.91 Å². The van der Waals surface area contributed by atoms with Gasteiger partial charge < -0.3 is 20.1 Å². The third-order valence-electron chi connectivity index (χ3n) is 2.60. The van der Waals surface area contributed by atoms with E-state index >= 15 is 0 Å². The zero-order valence-electron chi connectivity index (χ0n) is 9.47. The van der Waals surface area contributed by atoms with Crippen molar-refractivity contribution in [2.45, 2.75) is 18.9 Å². The molecule has 0 unspecified atom stereocenters. The van der Waals surface area contributed by atoms with E-state index in [1.165, 1.54) is 6.33 Å². The number of nitrogens with one attached hydrogen (secondary N) is 1. The maximum absolute atomic E-state index is 11.7. The fourth-order valence-corrected chi connectivity index (χ4v) is 1.28. The van der Waals surface area contributed by atoms with Gasteiger partial charge in [-0.15, -0.1) is 0 Å². The van der Waals surface area contributed by atoms with Crippen LogP contribution in [0.15, 0.2) is 12.5 Å². The van der Waals surface area contributed by atoms with E-state index in [0.29, 0.717) is 6.42 Å². The van der Waals surface area contributed by atoms with Crippen molar-refractivity contribution >= 4 is 5.91 Å². The molecule has 0 bridgehead atoms. The van der Waals surface area contributed by atoms with Gasteiger partial charge in [-0.3, -0.25) is 4.79 Å². The van der Waals surface area contributed by atoms with Crippen molar-refractivity contribution in [3.63, 3.8) is 0 Å². The molecule has 1 rings (SSSR count). The minimum Gasteiger partial charge on any atom is -0.394 e. The van der Waals surface area contributed by atoms with Gasteiger partial charge in [0.15, 0.2) is 0 Å². The van der Waals surface area contributed by atoms with Crippen molar-refractivity contribution in [3.8, 4) is 0 Å². The maximum atomic E-state index is 11.7. The van der Waals surface area contributed by atoms with Gasteiger partial charge in [0.1, 0.15) is 5.69 Å². The van der Waals surface area contributed by atoms with Crippen molar-refractivity contribution in [1.29, 1.82) is 0 Å². The Morgan fingerprint density at radius 3 is 2.56 bits per heavy atom. The zero-order chi connectivity index (χ0) is 12.2. The molecule has 0 spiro atoms. The average molecular weight is 227 g/mol. The Morgan fingerprint density at radius 1 is 1.56 bits per heavy atom. The molecule has 3 N–H and O–H groups in total. The van der Waals surface area contributed by atoms with Crippen LogP contribution in [0, 0.1) is 0 Å². The summed E-state index contributed by atoms with van der Waals surface area (Å²) in [5.41, 5.74) is -0.712. The van der Waals surface area contributed by atoms with Crippen molar-refractivity contribution in [2.24, 2.45) is 7.05 Å². The fraction of sp³-hybridized carbons (Fsp3) is 0.600. The van der Waals surface area contributed by atoms with E-state index in [-0.39, 0.29) is 18.9 Å². The number of aryl methyl sites for hydroxylation is 1. The lowest BCUT2D eigenvalue weighted by atomic mass is 9.98. The first-order valence-electron chi connectivity index (χ1n) is 5.09. The van der Waals surface area contributed by atoms with Gasteiger partial charge in [0.05, 0.1) is 25.1 Å². The summed E-state index contributed by atoms with van der Waals surface area (Å²) < 4.78 is 1.65. The van der Waals surface area contributed by atoms with Crippen LogP contribution in [0.3, 0.4) is 0 Å². The number of amides is 1. The van der Waals surface area contributed by atoms with Crippen LogP contribution in [-0.2, 0) is 7.05 Å². The van der Waals surface area contributed by atoms with Crippen molar-refractivity contribution < 1.29 is 15.0 Å². The van der Waals surface area contributed by atoms with Crippen molar-refractivity contribution in [2.75, 3.05) is 13.2 Å². The highest BCUT2D eigenvalue weighted by molar-refractivity contribution is 5.92. The second-order valence-corrected chi connectivity index (χ2v) is 3.83. The van der Waals surface area contributed by atoms with Gasteiger partial charge in [-0.1, -0.05) is 6.92 Å². The number of aliphatic hydroxyl groups excluding tert-OH is 2. The lowest BCUT2D eigenvalue weighted by Gasteiger charge is -2.29. The van der Waals surface area contributed by atoms with Gasteiger partial charge >= 0.3 is 0 Å². The van der Waals surface area contributed by atoms with Gasteiger partial charge in [-0.25, -0.2) is 4.98 Å². The first-order valence-corrected chi connectivity index (χ1v) is 5.09.